The molecule has 19 heavy (non-hydrogen) atoms. The Bertz CT molecular complexity index is 322. The molecule has 0 saturated heterocycles. The number of carbonyl (C=O) groups is 2. The molecule has 6 nitrogen and oxygen atoms in total. The van der Waals surface area contributed by atoms with Crippen LogP contribution in [0.4, 0.5) is 4.79 Å². The van der Waals surface area contributed by atoms with Gasteiger partial charge >= 0.3 is 12.0 Å². The zero-order chi connectivity index (χ0) is 14.4. The molecule has 1 rings (SSSR count). The van der Waals surface area contributed by atoms with Gasteiger partial charge in [0.15, 0.2) is 0 Å². The summed E-state index contributed by atoms with van der Waals surface area (Å²) in [5.41, 5.74) is 0. The van der Waals surface area contributed by atoms with Crippen LogP contribution in [0.2, 0.25) is 0 Å². The molecule has 0 aromatic rings. The maximum atomic E-state index is 12.2. The van der Waals surface area contributed by atoms with Crippen molar-refractivity contribution in [1.29, 1.82) is 0 Å². The van der Waals surface area contributed by atoms with Gasteiger partial charge in [-0.3, -0.25) is 4.79 Å². The molecule has 6 heteroatoms. The van der Waals surface area contributed by atoms with Crippen LogP contribution in [-0.2, 0) is 9.53 Å². The van der Waals surface area contributed by atoms with Gasteiger partial charge < -0.3 is 20.1 Å². The third kappa shape index (κ3) is 4.09. The summed E-state index contributed by atoms with van der Waals surface area (Å²) < 4.78 is 5.05. The number of hydrogen-bond donors (Lipinski definition) is 2. The smallest absolute Gasteiger partial charge is 0.317 e. The first-order valence-corrected chi connectivity index (χ1v) is 6.80. The fourth-order valence-corrected chi connectivity index (χ4v) is 2.66. The minimum Gasteiger partial charge on any atom is -0.481 e. The van der Waals surface area contributed by atoms with Gasteiger partial charge in [-0.15, -0.1) is 0 Å². The van der Waals surface area contributed by atoms with Crippen molar-refractivity contribution in [1.82, 2.24) is 10.2 Å². The number of aliphatic carboxylic acids is 1. The molecular formula is C13H24N2O4. The van der Waals surface area contributed by atoms with Gasteiger partial charge in [-0.2, -0.15) is 0 Å². The van der Waals surface area contributed by atoms with E-state index in [1.165, 1.54) is 0 Å². The SMILES string of the molecule is CCN(C(=O)NC1CCCC1C(=O)O)C(C)COC. The monoisotopic (exact) mass is 272 g/mol. The van der Waals surface area contributed by atoms with Crippen LogP contribution in [0.3, 0.4) is 0 Å². The van der Waals surface area contributed by atoms with E-state index in [1.54, 1.807) is 12.0 Å². The van der Waals surface area contributed by atoms with Crippen LogP contribution in [0, 0.1) is 5.92 Å². The van der Waals surface area contributed by atoms with Crippen molar-refractivity contribution in [2.75, 3.05) is 20.3 Å². The van der Waals surface area contributed by atoms with E-state index in [1.807, 2.05) is 13.8 Å². The fourth-order valence-electron chi connectivity index (χ4n) is 2.66. The molecule has 0 heterocycles. The Morgan fingerprint density at radius 2 is 2.16 bits per heavy atom. The molecule has 3 atom stereocenters. The number of nitrogens with one attached hydrogen (secondary N) is 1. The lowest BCUT2D eigenvalue weighted by atomic mass is 10.0. The molecule has 110 valence electrons. The van der Waals surface area contributed by atoms with Crippen molar-refractivity contribution in [3.05, 3.63) is 0 Å². The van der Waals surface area contributed by atoms with Gasteiger partial charge in [-0.05, 0) is 26.7 Å². The number of methoxy groups -OCH3 is 1. The van der Waals surface area contributed by atoms with Crippen molar-refractivity contribution in [2.24, 2.45) is 5.92 Å². The van der Waals surface area contributed by atoms with Crippen LogP contribution >= 0.6 is 0 Å². The fraction of sp³-hybridized carbons (Fsp3) is 0.846. The molecule has 0 aliphatic heterocycles. The molecule has 2 amide bonds. The van der Waals surface area contributed by atoms with Crippen LogP contribution in [-0.4, -0.2) is 54.4 Å². The Kier molecular flexibility index (Phi) is 6.08. The highest BCUT2D eigenvalue weighted by Gasteiger charge is 2.35. The van der Waals surface area contributed by atoms with E-state index >= 15 is 0 Å². The topological polar surface area (TPSA) is 78.9 Å². The van der Waals surface area contributed by atoms with E-state index in [-0.39, 0.29) is 18.1 Å². The van der Waals surface area contributed by atoms with Crippen LogP contribution in [0.5, 0.6) is 0 Å². The summed E-state index contributed by atoms with van der Waals surface area (Å²) in [5, 5.41) is 12.0. The molecule has 0 radical (unpaired) electrons. The molecule has 3 unspecified atom stereocenters. The van der Waals surface area contributed by atoms with E-state index in [0.29, 0.717) is 19.6 Å². The highest BCUT2D eigenvalue weighted by molar-refractivity contribution is 5.77. The molecule has 0 aromatic heterocycles. The van der Waals surface area contributed by atoms with Gasteiger partial charge in [-0.1, -0.05) is 6.42 Å². The number of amides is 2. The highest BCUT2D eigenvalue weighted by atomic mass is 16.5. The highest BCUT2D eigenvalue weighted by Crippen LogP contribution is 2.26. The van der Waals surface area contributed by atoms with Gasteiger partial charge in [0.1, 0.15) is 0 Å². The second-order valence-electron chi connectivity index (χ2n) is 5.02. The lowest BCUT2D eigenvalue weighted by Gasteiger charge is -2.30. The van der Waals surface area contributed by atoms with Crippen LogP contribution in [0.25, 0.3) is 0 Å². The molecule has 0 bridgehead atoms. The van der Waals surface area contributed by atoms with Crippen molar-refractivity contribution >= 4 is 12.0 Å². The van der Waals surface area contributed by atoms with Crippen LogP contribution < -0.4 is 5.32 Å². The first-order chi connectivity index (χ1) is 9.01. The number of nitrogens with zero attached hydrogens (tertiary/aromatic N) is 1. The Labute approximate surface area is 114 Å². The van der Waals surface area contributed by atoms with E-state index < -0.39 is 11.9 Å². The summed E-state index contributed by atoms with van der Waals surface area (Å²) in [6.45, 7) is 4.85. The zero-order valence-electron chi connectivity index (χ0n) is 11.9. The minimum absolute atomic E-state index is 0.0281. The van der Waals surface area contributed by atoms with Crippen molar-refractivity contribution in [2.45, 2.75) is 45.2 Å². The summed E-state index contributed by atoms with van der Waals surface area (Å²) in [4.78, 5) is 24.9. The van der Waals surface area contributed by atoms with Crippen molar-refractivity contribution in [3.8, 4) is 0 Å². The van der Waals surface area contributed by atoms with Crippen LogP contribution in [0.15, 0.2) is 0 Å². The van der Waals surface area contributed by atoms with Gasteiger partial charge in [0.05, 0.1) is 18.6 Å². The standard InChI is InChI=1S/C13H24N2O4/c1-4-15(9(2)8-19-3)13(18)14-11-7-5-6-10(11)12(16)17/h9-11H,4-8H2,1-3H3,(H,14,18)(H,16,17). The lowest BCUT2D eigenvalue weighted by Crippen LogP contribution is -2.51. The van der Waals surface area contributed by atoms with E-state index in [0.717, 1.165) is 12.8 Å². The lowest BCUT2D eigenvalue weighted by molar-refractivity contribution is -0.142. The summed E-state index contributed by atoms with van der Waals surface area (Å²) in [7, 11) is 1.60. The Balaban J connectivity index is 2.59. The molecule has 1 aliphatic rings. The number of urea groups is 1. The number of likely N-dealkylation sites (N-methyl/N-ethyl adjacent to an activating group) is 1. The molecule has 1 fully saturated rings. The maximum Gasteiger partial charge on any atom is 0.317 e. The van der Waals surface area contributed by atoms with Gasteiger partial charge in [0.25, 0.3) is 0 Å². The summed E-state index contributed by atoms with van der Waals surface area (Å²) in [6, 6.07) is -0.487. The zero-order valence-corrected chi connectivity index (χ0v) is 11.9. The molecule has 1 aliphatic carbocycles. The maximum absolute atomic E-state index is 12.2. The number of hydrogen-bond acceptors (Lipinski definition) is 3. The van der Waals surface area contributed by atoms with Crippen molar-refractivity contribution in [3.63, 3.8) is 0 Å². The van der Waals surface area contributed by atoms with Gasteiger partial charge in [-0.25, -0.2) is 4.79 Å². The average molecular weight is 272 g/mol. The van der Waals surface area contributed by atoms with E-state index in [2.05, 4.69) is 5.32 Å². The Morgan fingerprint density at radius 3 is 2.68 bits per heavy atom. The van der Waals surface area contributed by atoms with E-state index in [4.69, 9.17) is 9.84 Å². The predicted molar refractivity (Wildman–Crippen MR) is 71.0 cm³/mol. The molecular weight excluding hydrogens is 248 g/mol. The molecule has 0 aromatic carbocycles. The largest absolute Gasteiger partial charge is 0.481 e. The first kappa shape index (κ1) is 15.8. The summed E-state index contributed by atoms with van der Waals surface area (Å²) in [6.07, 6.45) is 2.22. The second kappa shape index (κ2) is 7.33. The summed E-state index contributed by atoms with van der Waals surface area (Å²) in [5.74, 6) is -1.28. The normalized spacial score (nSPS) is 23.9. The Morgan fingerprint density at radius 1 is 1.47 bits per heavy atom. The number of carboxylic acid groups (broad SMARTS) is 1. The minimum atomic E-state index is -0.823. The predicted octanol–water partition coefficient (Wildman–Crippen LogP) is 1.31. The third-order valence-electron chi connectivity index (χ3n) is 3.68. The number of carbonyl (C=O) groups excluding carboxylic acids is 1. The quantitative estimate of drug-likeness (QED) is 0.764. The van der Waals surface area contributed by atoms with Crippen LogP contribution in [0.1, 0.15) is 33.1 Å². The first-order valence-electron chi connectivity index (χ1n) is 6.80. The Hall–Kier alpha value is -1.30. The third-order valence-corrected chi connectivity index (χ3v) is 3.68. The number of carboxylic acids is 1. The number of rotatable bonds is 6. The second-order valence-corrected chi connectivity index (χ2v) is 5.02. The van der Waals surface area contributed by atoms with Gasteiger partial charge in [0, 0.05) is 19.7 Å². The molecule has 1 saturated carbocycles. The molecule has 0 spiro atoms. The summed E-state index contributed by atoms with van der Waals surface area (Å²) >= 11 is 0. The molecule has 2 N–H and O–H groups in total. The van der Waals surface area contributed by atoms with Gasteiger partial charge in [0.2, 0.25) is 0 Å². The number of ether oxygens (including phenoxy) is 1. The van der Waals surface area contributed by atoms with Crippen molar-refractivity contribution < 1.29 is 19.4 Å². The van der Waals surface area contributed by atoms with E-state index in [9.17, 15) is 9.59 Å². The average Bonchev–Trinajstić information content (AvgIpc) is 2.78.